The highest BCUT2D eigenvalue weighted by molar-refractivity contribution is 8.29. The Bertz CT molecular complexity index is 411. The Hall–Kier alpha value is -0.693. The van der Waals surface area contributed by atoms with E-state index in [4.69, 9.17) is 4.74 Å². The largest absolute Gasteiger partial charge is 0.480 e. The number of ether oxygens (including phenoxy) is 1. The van der Waals surface area contributed by atoms with Crippen LogP contribution < -0.4 is 5.32 Å². The molecule has 0 radical (unpaired) electrons. The Morgan fingerprint density at radius 1 is 1.04 bits per heavy atom. The van der Waals surface area contributed by atoms with Crippen molar-refractivity contribution >= 4 is 30.5 Å². The highest BCUT2D eigenvalue weighted by atomic mass is 32.4. The number of carbonyl (C=O) groups excluding carboxylic acids is 1. The van der Waals surface area contributed by atoms with Gasteiger partial charge >= 0.3 is 12.1 Å². The maximum absolute atomic E-state index is 11.9. The van der Waals surface area contributed by atoms with Crippen molar-refractivity contribution in [1.82, 2.24) is 5.32 Å². The predicted molar refractivity (Wildman–Crippen MR) is 104 cm³/mol. The smallest absolute Gasteiger partial charge is 0.408 e. The van der Waals surface area contributed by atoms with E-state index in [-0.39, 0.29) is 0 Å². The van der Waals surface area contributed by atoms with E-state index in [2.05, 4.69) is 46.9 Å². The molecule has 7 heteroatoms. The zero-order chi connectivity index (χ0) is 19.3. The maximum Gasteiger partial charge on any atom is 0.408 e. The fraction of sp³-hybridized carbons (Fsp3) is 0.882. The topological polar surface area (TPSA) is 75.6 Å². The summed E-state index contributed by atoms with van der Waals surface area (Å²) in [6.45, 7) is 18.7. The fourth-order valence-corrected chi connectivity index (χ4v) is 13.4. The molecule has 5 nitrogen and oxygen atoms in total. The molecule has 1 amide bonds. The van der Waals surface area contributed by atoms with E-state index in [0.29, 0.717) is 22.4 Å². The van der Waals surface area contributed by atoms with Gasteiger partial charge in [0.15, 0.2) is 0 Å². The van der Waals surface area contributed by atoms with Crippen LogP contribution in [0.25, 0.3) is 0 Å². The molecule has 0 aliphatic rings. The number of carboxylic acids is 1. The van der Waals surface area contributed by atoms with Crippen LogP contribution in [0.4, 0.5) is 4.79 Å². The van der Waals surface area contributed by atoms with Crippen LogP contribution in [0.2, 0.25) is 16.6 Å². The lowest BCUT2D eigenvalue weighted by Crippen LogP contribution is -2.48. The van der Waals surface area contributed by atoms with Crippen molar-refractivity contribution in [3.63, 3.8) is 0 Å². The number of nitrogens with one attached hydrogen (secondary N) is 1. The van der Waals surface area contributed by atoms with Gasteiger partial charge in [0.1, 0.15) is 18.9 Å². The molecule has 0 aromatic carbocycles. The second-order valence-electron chi connectivity index (χ2n) is 8.17. The third-order valence-electron chi connectivity index (χ3n) is 4.20. The quantitative estimate of drug-likeness (QED) is 0.590. The highest BCUT2D eigenvalue weighted by Crippen LogP contribution is 2.49. The summed E-state index contributed by atoms with van der Waals surface area (Å²) in [5.41, 5.74) is 0.933. The number of amides is 1. The third kappa shape index (κ3) is 6.67. The lowest BCUT2D eigenvalue weighted by Gasteiger charge is -2.42. The molecule has 1 atom stereocenters. The molecule has 0 aromatic rings. The highest BCUT2D eigenvalue weighted by Gasteiger charge is 2.44. The Labute approximate surface area is 152 Å². The van der Waals surface area contributed by atoms with Gasteiger partial charge in [-0.1, -0.05) is 41.5 Å². The molecule has 0 unspecified atom stereocenters. The van der Waals surface area contributed by atoms with Crippen LogP contribution in [0.15, 0.2) is 0 Å². The van der Waals surface area contributed by atoms with Crippen molar-refractivity contribution in [2.45, 2.75) is 90.6 Å². The Morgan fingerprint density at radius 2 is 1.46 bits per heavy atom. The van der Waals surface area contributed by atoms with Gasteiger partial charge < -0.3 is 15.2 Å². The van der Waals surface area contributed by atoms with Gasteiger partial charge in [-0.05, 0) is 37.4 Å². The van der Waals surface area contributed by atoms with E-state index >= 15 is 0 Å². The van der Waals surface area contributed by atoms with Crippen molar-refractivity contribution in [3.05, 3.63) is 0 Å². The van der Waals surface area contributed by atoms with E-state index in [1.807, 2.05) is 0 Å². The van der Waals surface area contributed by atoms with Gasteiger partial charge in [-0.15, -0.1) is 0 Å². The van der Waals surface area contributed by atoms with Crippen LogP contribution in [0.5, 0.6) is 0 Å². The first-order valence-corrected chi connectivity index (χ1v) is 12.5. The zero-order valence-corrected chi connectivity index (χ0v) is 18.4. The van der Waals surface area contributed by atoms with Crippen LogP contribution in [-0.2, 0) is 9.53 Å². The molecule has 0 bridgehead atoms. The van der Waals surface area contributed by atoms with Crippen molar-refractivity contribution in [2.24, 2.45) is 0 Å². The average molecular weight is 378 g/mol. The molecule has 0 fully saturated rings. The molecule has 2 N–H and O–H groups in total. The predicted octanol–water partition coefficient (Wildman–Crippen LogP) is 4.87. The number of carbonyl (C=O) groups is 2. The number of hydrogen-bond donors (Lipinski definition) is 2. The van der Waals surface area contributed by atoms with Gasteiger partial charge in [0, 0.05) is 5.75 Å². The number of alkyl carbamates (subject to hydrolysis) is 1. The summed E-state index contributed by atoms with van der Waals surface area (Å²) < 4.78 is 5.18. The van der Waals surface area contributed by atoms with Gasteiger partial charge in [-0.2, -0.15) is 11.2 Å². The van der Waals surface area contributed by atoms with E-state index in [1.165, 1.54) is 0 Å². The van der Waals surface area contributed by atoms with Gasteiger partial charge in [-0.3, -0.25) is 0 Å². The Balaban J connectivity index is 5.13. The summed E-state index contributed by atoms with van der Waals surface area (Å²) in [6, 6.07) is -0.937. The summed E-state index contributed by atoms with van der Waals surface area (Å²) in [5.74, 6) is -0.650. The third-order valence-corrected chi connectivity index (χ3v) is 16.9. The van der Waals surface area contributed by atoms with Crippen LogP contribution in [0, 0.1) is 0 Å². The molecular formula is C17H35NO4SSi. The summed E-state index contributed by atoms with van der Waals surface area (Å²) in [4.78, 5) is 23.5. The van der Waals surface area contributed by atoms with Gasteiger partial charge in [0.25, 0.3) is 0 Å². The average Bonchev–Trinajstić information content (AvgIpc) is 2.33. The van der Waals surface area contributed by atoms with E-state index in [1.54, 1.807) is 32.0 Å². The maximum atomic E-state index is 11.9. The van der Waals surface area contributed by atoms with Crippen LogP contribution in [0.3, 0.4) is 0 Å². The van der Waals surface area contributed by atoms with Crippen LogP contribution in [-0.4, -0.2) is 41.8 Å². The molecule has 0 spiro atoms. The van der Waals surface area contributed by atoms with Crippen molar-refractivity contribution < 1.29 is 19.4 Å². The van der Waals surface area contributed by atoms with Crippen LogP contribution >= 0.6 is 11.2 Å². The summed E-state index contributed by atoms with van der Waals surface area (Å²) in [5, 5.41) is 12.0. The van der Waals surface area contributed by atoms with Crippen molar-refractivity contribution in [2.75, 3.05) is 5.75 Å². The standard InChI is InChI=1S/C17H35NO4SSi/c1-11(2)24(12(3)4,13(5)6)23-10-14(15(19)20)18-16(21)22-17(7,8)9/h11-14H,10H2,1-9H3,(H,18,21)(H,19,20)/t14-/m0/s1. The first-order chi connectivity index (χ1) is 10.7. The summed E-state index contributed by atoms with van der Waals surface area (Å²) >= 11 is 1.78. The minimum Gasteiger partial charge on any atom is -0.480 e. The number of hydrogen-bond acceptors (Lipinski definition) is 4. The lowest BCUT2D eigenvalue weighted by atomic mass is 10.2. The molecule has 0 saturated carbocycles. The number of rotatable bonds is 8. The molecule has 0 saturated heterocycles. The lowest BCUT2D eigenvalue weighted by molar-refractivity contribution is -0.138. The van der Waals surface area contributed by atoms with Gasteiger partial charge in [-0.25, -0.2) is 9.59 Å². The van der Waals surface area contributed by atoms with E-state index in [0.717, 1.165) is 0 Å². The molecule has 142 valence electrons. The first-order valence-electron chi connectivity index (χ1n) is 8.60. The summed E-state index contributed by atoms with van der Waals surface area (Å²) in [7, 11) is -1.77. The molecule has 0 rings (SSSR count). The molecule has 0 heterocycles. The second kappa shape index (κ2) is 9.13. The monoisotopic (exact) mass is 377 g/mol. The van der Waals surface area contributed by atoms with E-state index < -0.39 is 30.9 Å². The second-order valence-corrected chi connectivity index (χ2v) is 16.9. The van der Waals surface area contributed by atoms with Gasteiger partial charge in [0.2, 0.25) is 0 Å². The zero-order valence-electron chi connectivity index (χ0n) is 16.6. The molecule has 0 aromatic heterocycles. The molecule has 0 aliphatic carbocycles. The minimum atomic E-state index is -1.77. The SMILES string of the molecule is CC(C)[Si](SC[C@H](NC(=O)OC(C)(C)C)C(=O)O)(C(C)C)C(C)C. The number of aliphatic carboxylic acids is 1. The van der Waals surface area contributed by atoms with E-state index in [9.17, 15) is 14.7 Å². The minimum absolute atomic E-state index is 0.370. The van der Waals surface area contributed by atoms with Gasteiger partial charge in [0.05, 0.1) is 0 Å². The normalized spacial score (nSPS) is 14.2. The fourth-order valence-electron chi connectivity index (χ4n) is 3.35. The molecular weight excluding hydrogens is 342 g/mol. The molecule has 0 aliphatic heterocycles. The van der Waals surface area contributed by atoms with Crippen molar-refractivity contribution in [1.29, 1.82) is 0 Å². The van der Waals surface area contributed by atoms with Crippen LogP contribution in [0.1, 0.15) is 62.3 Å². The first kappa shape index (κ1) is 23.3. The summed E-state index contributed by atoms with van der Waals surface area (Å²) in [6.07, 6.45) is -0.679. The number of carboxylic acid groups (broad SMARTS) is 1. The Morgan fingerprint density at radius 3 is 1.75 bits per heavy atom. The Kier molecular flexibility index (Phi) is 8.87. The van der Waals surface area contributed by atoms with Crippen molar-refractivity contribution in [3.8, 4) is 0 Å². The molecule has 24 heavy (non-hydrogen) atoms.